The zero-order valence-corrected chi connectivity index (χ0v) is 21.1. The topological polar surface area (TPSA) is 77.5 Å². The van der Waals surface area contributed by atoms with Gasteiger partial charge in [0.2, 0.25) is 5.95 Å². The van der Waals surface area contributed by atoms with E-state index in [0.717, 1.165) is 38.2 Å². The van der Waals surface area contributed by atoms with Gasteiger partial charge in [0.25, 0.3) is 0 Å². The van der Waals surface area contributed by atoms with Gasteiger partial charge in [-0.15, -0.1) is 24.0 Å². The van der Waals surface area contributed by atoms with Gasteiger partial charge < -0.3 is 16.0 Å². The van der Waals surface area contributed by atoms with Crippen molar-refractivity contribution in [2.45, 2.75) is 38.0 Å². The minimum atomic E-state index is -4.49. The molecule has 1 saturated heterocycles. The van der Waals surface area contributed by atoms with E-state index in [0.29, 0.717) is 31.1 Å². The van der Waals surface area contributed by atoms with Crippen molar-refractivity contribution < 1.29 is 13.2 Å². The summed E-state index contributed by atoms with van der Waals surface area (Å²) in [5, 5.41) is 9.41. The summed E-state index contributed by atoms with van der Waals surface area (Å²) in [5.41, 5.74) is 0.363. The maximum absolute atomic E-state index is 12.7. The summed E-state index contributed by atoms with van der Waals surface area (Å²) in [7, 11) is 1.70. The molecule has 182 valence electrons. The van der Waals surface area contributed by atoms with E-state index in [2.05, 4.69) is 67.0 Å². The third-order valence-electron chi connectivity index (χ3n) is 5.57. The molecule has 1 aromatic carbocycles. The van der Waals surface area contributed by atoms with Gasteiger partial charge in [-0.2, -0.15) is 13.2 Å². The van der Waals surface area contributed by atoms with Crippen molar-refractivity contribution in [3.8, 4) is 0 Å². The maximum Gasteiger partial charge on any atom is 0.433 e. The summed E-state index contributed by atoms with van der Waals surface area (Å²) in [6.07, 6.45) is -1.38. The van der Waals surface area contributed by atoms with Crippen LogP contribution in [0.1, 0.15) is 37.1 Å². The second-order valence-corrected chi connectivity index (χ2v) is 7.73. The summed E-state index contributed by atoms with van der Waals surface area (Å²) >= 11 is 0. The number of benzene rings is 1. The third-order valence-corrected chi connectivity index (χ3v) is 5.57. The molecule has 33 heavy (non-hydrogen) atoms. The molecule has 2 heterocycles. The van der Waals surface area contributed by atoms with Crippen molar-refractivity contribution in [2.75, 3.05) is 38.5 Å². The fourth-order valence-electron chi connectivity index (χ4n) is 3.72. The van der Waals surface area contributed by atoms with E-state index in [1.54, 1.807) is 7.05 Å². The SMILES string of the molecule is CN=C(NCCNc1nccc(C(F)(F)F)n1)NC1CCN(C(C)c2ccccc2)CC1.I. The molecule has 0 saturated carbocycles. The first kappa shape index (κ1) is 27.1. The molecule has 0 spiro atoms. The maximum atomic E-state index is 12.7. The highest BCUT2D eigenvalue weighted by molar-refractivity contribution is 14.0. The Balaban J connectivity index is 0.00000385. The minimum Gasteiger partial charge on any atom is -0.355 e. The van der Waals surface area contributed by atoms with E-state index < -0.39 is 11.9 Å². The molecule has 1 fully saturated rings. The van der Waals surface area contributed by atoms with Crippen molar-refractivity contribution >= 4 is 35.9 Å². The fraction of sp³-hybridized carbons (Fsp3) is 0.500. The highest BCUT2D eigenvalue weighted by Gasteiger charge is 2.32. The fourth-order valence-corrected chi connectivity index (χ4v) is 3.72. The smallest absolute Gasteiger partial charge is 0.355 e. The van der Waals surface area contributed by atoms with E-state index >= 15 is 0 Å². The Morgan fingerprint density at radius 2 is 1.85 bits per heavy atom. The number of hydrogen-bond donors (Lipinski definition) is 3. The molecule has 3 N–H and O–H groups in total. The molecule has 1 aliphatic heterocycles. The van der Waals surface area contributed by atoms with Crippen LogP contribution in [0.3, 0.4) is 0 Å². The molecular weight excluding hydrogens is 546 g/mol. The van der Waals surface area contributed by atoms with Gasteiger partial charge in [0.15, 0.2) is 5.96 Å². The van der Waals surface area contributed by atoms with Gasteiger partial charge in [-0.25, -0.2) is 9.97 Å². The molecule has 1 unspecified atom stereocenters. The number of halogens is 4. The normalized spacial score (nSPS) is 16.6. The summed E-state index contributed by atoms with van der Waals surface area (Å²) < 4.78 is 38.2. The molecule has 0 aliphatic carbocycles. The lowest BCUT2D eigenvalue weighted by Crippen LogP contribution is -2.49. The number of nitrogens with one attached hydrogen (secondary N) is 3. The third kappa shape index (κ3) is 8.29. The summed E-state index contributed by atoms with van der Waals surface area (Å²) in [4.78, 5) is 14.1. The van der Waals surface area contributed by atoms with Crippen LogP contribution in [0.25, 0.3) is 0 Å². The van der Waals surface area contributed by atoms with Gasteiger partial charge in [0.05, 0.1) is 0 Å². The molecule has 0 radical (unpaired) electrons. The van der Waals surface area contributed by atoms with Gasteiger partial charge in [0.1, 0.15) is 5.69 Å². The van der Waals surface area contributed by atoms with E-state index in [1.807, 2.05) is 6.07 Å². The van der Waals surface area contributed by atoms with Crippen LogP contribution >= 0.6 is 24.0 Å². The molecule has 0 bridgehead atoms. The lowest BCUT2D eigenvalue weighted by atomic mass is 10.0. The van der Waals surface area contributed by atoms with Crippen LogP contribution in [0, 0.1) is 0 Å². The Morgan fingerprint density at radius 3 is 2.48 bits per heavy atom. The average Bonchev–Trinajstić information content (AvgIpc) is 2.81. The number of anilines is 1. The number of aliphatic imine (C=N–C) groups is 1. The Kier molecular flexibility index (Phi) is 10.6. The van der Waals surface area contributed by atoms with Gasteiger partial charge in [-0.05, 0) is 31.4 Å². The summed E-state index contributed by atoms with van der Waals surface area (Å²) in [6, 6.07) is 12.1. The number of piperidine rings is 1. The molecule has 1 aliphatic rings. The van der Waals surface area contributed by atoms with E-state index in [9.17, 15) is 13.2 Å². The largest absolute Gasteiger partial charge is 0.433 e. The second-order valence-electron chi connectivity index (χ2n) is 7.73. The number of rotatable bonds is 7. The van der Waals surface area contributed by atoms with Gasteiger partial charge in [-0.3, -0.25) is 9.89 Å². The van der Waals surface area contributed by atoms with Crippen molar-refractivity contribution in [1.82, 2.24) is 25.5 Å². The second kappa shape index (κ2) is 12.9. The predicted octanol–water partition coefficient (Wildman–Crippen LogP) is 3.92. The first-order valence-electron chi connectivity index (χ1n) is 10.8. The number of likely N-dealkylation sites (tertiary alicyclic amines) is 1. The zero-order chi connectivity index (χ0) is 23.0. The van der Waals surface area contributed by atoms with Crippen LogP contribution in [0.15, 0.2) is 47.6 Å². The Labute approximate surface area is 209 Å². The molecule has 11 heteroatoms. The van der Waals surface area contributed by atoms with Crippen molar-refractivity contribution in [3.63, 3.8) is 0 Å². The standard InChI is InChI=1S/C22H30F3N7.HI/c1-16(17-6-4-3-5-7-17)32-14-9-18(10-15-32)30-20(26-2)28-12-13-29-21-27-11-8-19(31-21)22(23,24)25;/h3-8,11,16,18H,9-10,12-15H2,1-2H3,(H2,26,28,30)(H,27,29,31);1H. The van der Waals surface area contributed by atoms with E-state index in [1.165, 1.54) is 5.56 Å². The lowest BCUT2D eigenvalue weighted by Gasteiger charge is -2.37. The lowest BCUT2D eigenvalue weighted by molar-refractivity contribution is -0.141. The molecular formula is C22H31F3IN7. The number of guanidine groups is 1. The van der Waals surface area contributed by atoms with Crippen LogP contribution in [0.5, 0.6) is 0 Å². The van der Waals surface area contributed by atoms with Crippen molar-refractivity contribution in [3.05, 3.63) is 53.9 Å². The summed E-state index contributed by atoms with van der Waals surface area (Å²) in [5.74, 6) is 0.621. The van der Waals surface area contributed by atoms with Gasteiger partial charge in [-0.1, -0.05) is 30.3 Å². The number of nitrogens with zero attached hydrogens (tertiary/aromatic N) is 4. The molecule has 0 amide bonds. The Hall–Kier alpha value is -2.15. The van der Waals surface area contributed by atoms with Crippen molar-refractivity contribution in [1.29, 1.82) is 0 Å². The van der Waals surface area contributed by atoms with Crippen molar-refractivity contribution in [2.24, 2.45) is 4.99 Å². The highest BCUT2D eigenvalue weighted by Crippen LogP contribution is 2.27. The highest BCUT2D eigenvalue weighted by atomic mass is 127. The van der Waals surface area contributed by atoms with Crippen LogP contribution in [0.2, 0.25) is 0 Å². The molecule has 2 aromatic rings. The van der Waals surface area contributed by atoms with Crippen LogP contribution in [0.4, 0.5) is 19.1 Å². The predicted molar refractivity (Wildman–Crippen MR) is 135 cm³/mol. The van der Waals surface area contributed by atoms with Gasteiger partial charge >= 0.3 is 6.18 Å². The molecule has 1 aromatic heterocycles. The van der Waals surface area contributed by atoms with Crippen LogP contribution in [-0.2, 0) is 6.18 Å². The average molecular weight is 577 g/mol. The number of alkyl halides is 3. The minimum absolute atomic E-state index is 0. The monoisotopic (exact) mass is 577 g/mol. The van der Waals surface area contributed by atoms with E-state index in [-0.39, 0.29) is 29.9 Å². The first-order chi connectivity index (χ1) is 15.4. The zero-order valence-electron chi connectivity index (χ0n) is 18.8. The Bertz CT molecular complexity index is 872. The van der Waals surface area contributed by atoms with Crippen LogP contribution in [-0.4, -0.2) is 60.1 Å². The number of hydrogen-bond acceptors (Lipinski definition) is 5. The van der Waals surface area contributed by atoms with Gasteiger partial charge in [0, 0.05) is 51.5 Å². The summed E-state index contributed by atoms with van der Waals surface area (Å²) in [6.45, 7) is 5.06. The Morgan fingerprint density at radius 1 is 1.15 bits per heavy atom. The van der Waals surface area contributed by atoms with E-state index in [4.69, 9.17) is 0 Å². The molecule has 1 atom stereocenters. The number of aromatic nitrogens is 2. The first-order valence-corrected chi connectivity index (χ1v) is 10.8. The quantitative estimate of drug-likeness (QED) is 0.201. The van der Waals surface area contributed by atoms with Crippen LogP contribution < -0.4 is 16.0 Å². The molecule has 3 rings (SSSR count). The molecule has 7 nitrogen and oxygen atoms in total.